The average molecular weight is 286 g/mol. The highest BCUT2D eigenvalue weighted by Crippen LogP contribution is 2.57. The Morgan fingerprint density at radius 1 is 1.05 bits per heavy atom. The SMILES string of the molecule is CCCCC(C)(C(=O)O)C(C)(C)C(C)(C)C(C)C(=O)O. The lowest BCUT2D eigenvalue weighted by atomic mass is 9.49. The van der Waals surface area contributed by atoms with E-state index in [1.54, 1.807) is 13.8 Å². The van der Waals surface area contributed by atoms with Crippen LogP contribution in [0, 0.1) is 22.2 Å². The van der Waals surface area contributed by atoms with Gasteiger partial charge in [-0.15, -0.1) is 0 Å². The second-order valence-electron chi connectivity index (χ2n) is 7.15. The van der Waals surface area contributed by atoms with E-state index in [1.165, 1.54) is 0 Å². The Morgan fingerprint density at radius 2 is 1.50 bits per heavy atom. The van der Waals surface area contributed by atoms with Crippen LogP contribution < -0.4 is 0 Å². The zero-order valence-electron chi connectivity index (χ0n) is 13.9. The first-order chi connectivity index (χ1) is 8.86. The Balaban J connectivity index is 5.75. The molecule has 0 radical (unpaired) electrons. The third-order valence-electron chi connectivity index (χ3n) is 5.95. The summed E-state index contributed by atoms with van der Waals surface area (Å²) in [5.74, 6) is -2.34. The molecule has 0 aliphatic rings. The third-order valence-corrected chi connectivity index (χ3v) is 5.95. The summed E-state index contributed by atoms with van der Waals surface area (Å²) < 4.78 is 0. The summed E-state index contributed by atoms with van der Waals surface area (Å²) >= 11 is 0. The smallest absolute Gasteiger partial charge is 0.309 e. The van der Waals surface area contributed by atoms with E-state index in [2.05, 4.69) is 0 Å². The van der Waals surface area contributed by atoms with Crippen molar-refractivity contribution in [1.82, 2.24) is 0 Å². The van der Waals surface area contributed by atoms with Crippen LogP contribution in [0.5, 0.6) is 0 Å². The van der Waals surface area contributed by atoms with Gasteiger partial charge in [0.05, 0.1) is 11.3 Å². The summed E-state index contributed by atoms with van der Waals surface area (Å²) in [5.41, 5.74) is -2.24. The molecule has 0 aromatic heterocycles. The topological polar surface area (TPSA) is 74.6 Å². The molecule has 0 saturated carbocycles. The molecule has 0 aromatic carbocycles. The number of rotatable bonds is 8. The fourth-order valence-electron chi connectivity index (χ4n) is 2.78. The minimum absolute atomic E-state index is 0.557. The normalized spacial score (nSPS) is 17.4. The molecular weight excluding hydrogens is 256 g/mol. The van der Waals surface area contributed by atoms with Crippen molar-refractivity contribution < 1.29 is 19.8 Å². The van der Waals surface area contributed by atoms with Crippen LogP contribution in [0.25, 0.3) is 0 Å². The summed E-state index contributed by atoms with van der Waals surface area (Å²) in [7, 11) is 0. The van der Waals surface area contributed by atoms with Gasteiger partial charge in [-0.2, -0.15) is 0 Å². The van der Waals surface area contributed by atoms with Crippen molar-refractivity contribution in [3.8, 4) is 0 Å². The van der Waals surface area contributed by atoms with Crippen molar-refractivity contribution in [3.63, 3.8) is 0 Å². The molecule has 0 saturated heterocycles. The zero-order valence-corrected chi connectivity index (χ0v) is 13.9. The van der Waals surface area contributed by atoms with Crippen LogP contribution in [0.2, 0.25) is 0 Å². The summed E-state index contributed by atoms with van der Waals surface area (Å²) in [6.07, 6.45) is 2.30. The Hall–Kier alpha value is -1.06. The zero-order chi connectivity index (χ0) is 16.4. The summed E-state index contributed by atoms with van der Waals surface area (Å²) in [4.78, 5) is 23.2. The molecule has 4 heteroatoms. The van der Waals surface area contributed by atoms with Crippen LogP contribution in [0.4, 0.5) is 0 Å². The van der Waals surface area contributed by atoms with E-state index < -0.39 is 34.1 Å². The molecule has 0 aliphatic heterocycles. The fourth-order valence-corrected chi connectivity index (χ4v) is 2.78. The van der Waals surface area contributed by atoms with Gasteiger partial charge in [-0.3, -0.25) is 9.59 Å². The van der Waals surface area contributed by atoms with E-state index >= 15 is 0 Å². The quantitative estimate of drug-likeness (QED) is 0.706. The van der Waals surface area contributed by atoms with Crippen LogP contribution in [-0.4, -0.2) is 22.2 Å². The van der Waals surface area contributed by atoms with Gasteiger partial charge in [-0.1, -0.05) is 54.4 Å². The van der Waals surface area contributed by atoms with Gasteiger partial charge in [0.2, 0.25) is 0 Å². The highest BCUT2D eigenvalue weighted by molar-refractivity contribution is 5.76. The van der Waals surface area contributed by atoms with Crippen LogP contribution in [0.3, 0.4) is 0 Å². The Bertz CT molecular complexity index is 371. The Morgan fingerprint density at radius 3 is 1.80 bits per heavy atom. The molecule has 0 aromatic rings. The van der Waals surface area contributed by atoms with Crippen LogP contribution in [0.1, 0.15) is 67.7 Å². The van der Waals surface area contributed by atoms with Crippen LogP contribution >= 0.6 is 0 Å². The molecule has 20 heavy (non-hydrogen) atoms. The molecule has 0 spiro atoms. The molecule has 0 aliphatic carbocycles. The lowest BCUT2D eigenvalue weighted by Gasteiger charge is -2.53. The first-order valence-electron chi connectivity index (χ1n) is 7.32. The molecule has 118 valence electrons. The van der Waals surface area contributed by atoms with Gasteiger partial charge in [-0.25, -0.2) is 0 Å². The van der Waals surface area contributed by atoms with Crippen molar-refractivity contribution in [3.05, 3.63) is 0 Å². The van der Waals surface area contributed by atoms with E-state index in [9.17, 15) is 19.8 Å². The number of carboxylic acid groups (broad SMARTS) is 2. The number of carboxylic acids is 2. The standard InChI is InChI=1S/C16H30O4/c1-8-9-10-16(7,13(19)20)15(5,6)14(3,4)11(2)12(17)18/h11H,8-10H2,1-7H3,(H,17,18)(H,19,20). The van der Waals surface area contributed by atoms with Crippen molar-refractivity contribution in [2.45, 2.75) is 67.7 Å². The Kier molecular flexibility index (Phi) is 5.82. The minimum Gasteiger partial charge on any atom is -0.481 e. The Labute approximate surface area is 122 Å². The molecule has 2 N–H and O–H groups in total. The molecular formula is C16H30O4. The van der Waals surface area contributed by atoms with E-state index in [-0.39, 0.29) is 0 Å². The van der Waals surface area contributed by atoms with Crippen LogP contribution in [0.15, 0.2) is 0 Å². The molecule has 0 bridgehead atoms. The lowest BCUT2D eigenvalue weighted by Crippen LogP contribution is -2.54. The van der Waals surface area contributed by atoms with E-state index in [0.717, 1.165) is 12.8 Å². The highest BCUT2D eigenvalue weighted by Gasteiger charge is 2.57. The fraction of sp³-hybridized carbons (Fsp3) is 0.875. The number of carbonyl (C=O) groups is 2. The second kappa shape index (κ2) is 6.15. The first-order valence-corrected chi connectivity index (χ1v) is 7.32. The third kappa shape index (κ3) is 2.99. The molecule has 2 unspecified atom stereocenters. The predicted molar refractivity (Wildman–Crippen MR) is 79.6 cm³/mol. The largest absolute Gasteiger partial charge is 0.481 e. The molecule has 0 fully saturated rings. The van der Waals surface area contributed by atoms with Gasteiger partial charge in [0.25, 0.3) is 0 Å². The molecule has 2 atom stereocenters. The van der Waals surface area contributed by atoms with E-state index in [0.29, 0.717) is 6.42 Å². The highest BCUT2D eigenvalue weighted by atomic mass is 16.4. The van der Waals surface area contributed by atoms with Crippen LogP contribution in [-0.2, 0) is 9.59 Å². The second-order valence-corrected chi connectivity index (χ2v) is 7.15. The van der Waals surface area contributed by atoms with Crippen molar-refractivity contribution in [1.29, 1.82) is 0 Å². The number of unbranched alkanes of at least 4 members (excludes halogenated alkanes) is 1. The lowest BCUT2D eigenvalue weighted by molar-refractivity contribution is -0.172. The van der Waals surface area contributed by atoms with Gasteiger partial charge in [-0.05, 0) is 24.2 Å². The summed E-state index contributed by atoms with van der Waals surface area (Å²) in [6.45, 7) is 12.9. The van der Waals surface area contributed by atoms with Crippen molar-refractivity contribution >= 4 is 11.9 Å². The number of hydrogen-bond acceptors (Lipinski definition) is 2. The molecule has 0 amide bonds. The number of aliphatic carboxylic acids is 2. The van der Waals surface area contributed by atoms with Gasteiger partial charge in [0.15, 0.2) is 0 Å². The minimum atomic E-state index is -0.948. The molecule has 4 nitrogen and oxygen atoms in total. The average Bonchev–Trinajstić information content (AvgIpc) is 2.33. The van der Waals surface area contributed by atoms with Gasteiger partial charge < -0.3 is 10.2 Å². The van der Waals surface area contributed by atoms with Gasteiger partial charge in [0, 0.05) is 0 Å². The maximum absolute atomic E-state index is 11.9. The molecule has 0 heterocycles. The maximum Gasteiger partial charge on any atom is 0.309 e. The number of hydrogen-bond donors (Lipinski definition) is 2. The van der Waals surface area contributed by atoms with Crippen molar-refractivity contribution in [2.75, 3.05) is 0 Å². The summed E-state index contributed by atoms with van der Waals surface area (Å²) in [5, 5.41) is 19.0. The van der Waals surface area contributed by atoms with E-state index in [1.807, 2.05) is 34.6 Å². The van der Waals surface area contributed by atoms with E-state index in [4.69, 9.17) is 0 Å². The summed E-state index contributed by atoms with van der Waals surface area (Å²) in [6, 6.07) is 0. The van der Waals surface area contributed by atoms with Crippen molar-refractivity contribution in [2.24, 2.45) is 22.2 Å². The first kappa shape index (κ1) is 18.9. The molecule has 0 rings (SSSR count). The monoisotopic (exact) mass is 286 g/mol. The maximum atomic E-state index is 11.9. The van der Waals surface area contributed by atoms with Gasteiger partial charge in [0.1, 0.15) is 0 Å². The van der Waals surface area contributed by atoms with Gasteiger partial charge >= 0.3 is 11.9 Å². The predicted octanol–water partition coefficient (Wildman–Crippen LogP) is 4.04.